The van der Waals surface area contributed by atoms with Crippen molar-refractivity contribution in [2.45, 2.75) is 77.3 Å². The maximum atomic E-state index is 13.0. The minimum atomic E-state index is -0.800. The Morgan fingerprint density at radius 1 is 1.18 bits per heavy atom. The molecule has 2 N–H and O–H groups in total. The number of hydrogen-bond acceptors (Lipinski definition) is 4. The summed E-state index contributed by atoms with van der Waals surface area (Å²) in [6.45, 7) is 8.49. The van der Waals surface area contributed by atoms with Crippen LogP contribution >= 0.6 is 0 Å². The van der Waals surface area contributed by atoms with Gasteiger partial charge in [0.2, 0.25) is 5.91 Å². The third-order valence-corrected chi connectivity index (χ3v) is 7.49. The Kier molecular flexibility index (Phi) is 6.03. The first-order valence-electron chi connectivity index (χ1n) is 10.8. The molecule has 1 aliphatic carbocycles. The average molecular weight is 393 g/mol. The Hall–Kier alpha value is -1.63. The van der Waals surface area contributed by atoms with E-state index in [0.29, 0.717) is 18.8 Å². The van der Waals surface area contributed by atoms with Crippen LogP contribution in [0.5, 0.6) is 0 Å². The van der Waals surface area contributed by atoms with Crippen LogP contribution in [-0.2, 0) is 9.59 Å². The summed E-state index contributed by atoms with van der Waals surface area (Å²) < 4.78 is 0. The molecule has 0 aromatic carbocycles. The molecular formula is C21H36N4O3. The number of rotatable bonds is 5. The van der Waals surface area contributed by atoms with E-state index in [1.165, 1.54) is 0 Å². The predicted octanol–water partition coefficient (Wildman–Crippen LogP) is 2.11. The molecule has 4 amide bonds. The largest absolute Gasteiger partial charge is 0.352 e. The molecule has 0 atom stereocenters. The fourth-order valence-electron chi connectivity index (χ4n) is 4.91. The molecule has 2 saturated heterocycles. The summed E-state index contributed by atoms with van der Waals surface area (Å²) in [5.74, 6) is 0.106. The number of likely N-dealkylation sites (tertiary alicyclic amines) is 1. The minimum Gasteiger partial charge on any atom is -0.352 e. The molecule has 7 heteroatoms. The number of amides is 4. The maximum absolute atomic E-state index is 13.0. The molecule has 3 fully saturated rings. The summed E-state index contributed by atoms with van der Waals surface area (Å²) in [4.78, 5) is 41.3. The lowest BCUT2D eigenvalue weighted by molar-refractivity contribution is -0.136. The van der Waals surface area contributed by atoms with Gasteiger partial charge in [0.1, 0.15) is 12.1 Å². The maximum Gasteiger partial charge on any atom is 0.325 e. The fraction of sp³-hybridized carbons (Fsp3) is 0.857. The molecule has 1 spiro atoms. The van der Waals surface area contributed by atoms with Gasteiger partial charge in [-0.15, -0.1) is 0 Å². The predicted molar refractivity (Wildman–Crippen MR) is 108 cm³/mol. The molecule has 2 heterocycles. The lowest BCUT2D eigenvalue weighted by atomic mass is 9.65. The summed E-state index contributed by atoms with van der Waals surface area (Å²) in [7, 11) is 2.07. The molecule has 0 aromatic heterocycles. The normalized spacial score (nSPS) is 30.0. The van der Waals surface area contributed by atoms with Gasteiger partial charge >= 0.3 is 6.03 Å². The van der Waals surface area contributed by atoms with E-state index in [4.69, 9.17) is 0 Å². The van der Waals surface area contributed by atoms with Crippen LogP contribution in [0.3, 0.4) is 0 Å². The summed E-state index contributed by atoms with van der Waals surface area (Å²) in [5, 5.41) is 5.92. The molecule has 0 unspecified atom stereocenters. The van der Waals surface area contributed by atoms with Crippen molar-refractivity contribution in [2.75, 3.05) is 26.7 Å². The van der Waals surface area contributed by atoms with Gasteiger partial charge in [0.15, 0.2) is 0 Å². The van der Waals surface area contributed by atoms with E-state index in [2.05, 4.69) is 43.4 Å². The first-order chi connectivity index (χ1) is 13.2. The van der Waals surface area contributed by atoms with Gasteiger partial charge < -0.3 is 15.5 Å². The lowest BCUT2D eigenvalue weighted by Gasteiger charge is -2.42. The van der Waals surface area contributed by atoms with Gasteiger partial charge in [-0.3, -0.25) is 14.5 Å². The van der Waals surface area contributed by atoms with E-state index in [-0.39, 0.29) is 29.8 Å². The third kappa shape index (κ3) is 4.19. The topological polar surface area (TPSA) is 81.8 Å². The van der Waals surface area contributed by atoms with Crippen molar-refractivity contribution in [3.8, 4) is 0 Å². The van der Waals surface area contributed by atoms with Crippen molar-refractivity contribution in [3.05, 3.63) is 0 Å². The van der Waals surface area contributed by atoms with Crippen LogP contribution in [0.2, 0.25) is 0 Å². The van der Waals surface area contributed by atoms with Crippen molar-refractivity contribution in [3.63, 3.8) is 0 Å². The Morgan fingerprint density at radius 3 is 2.36 bits per heavy atom. The molecule has 7 nitrogen and oxygen atoms in total. The van der Waals surface area contributed by atoms with Crippen LogP contribution in [0.15, 0.2) is 0 Å². The van der Waals surface area contributed by atoms with Crippen LogP contribution in [0.1, 0.15) is 65.7 Å². The number of hydrogen-bond donors (Lipinski definition) is 2. The standard InChI is InChI=1S/C21H36N4O3/c1-5-20(2,3)15-6-10-21(11-7-15)18(27)25(19(28)23-21)14-17(26)22-16-8-12-24(4)13-9-16/h15-16H,5-14H2,1-4H3,(H,22,26)(H,23,28). The highest BCUT2D eigenvalue weighted by atomic mass is 16.2. The second-order valence-electron chi connectivity index (χ2n) is 9.67. The highest BCUT2D eigenvalue weighted by Gasteiger charge is 2.53. The van der Waals surface area contributed by atoms with E-state index >= 15 is 0 Å². The Balaban J connectivity index is 1.56. The number of carbonyl (C=O) groups is 3. The van der Waals surface area contributed by atoms with Crippen molar-refractivity contribution in [1.29, 1.82) is 0 Å². The third-order valence-electron chi connectivity index (χ3n) is 7.49. The highest BCUT2D eigenvalue weighted by Crippen LogP contribution is 2.45. The van der Waals surface area contributed by atoms with Crippen molar-refractivity contribution in [2.24, 2.45) is 11.3 Å². The second-order valence-corrected chi connectivity index (χ2v) is 9.67. The smallest absolute Gasteiger partial charge is 0.325 e. The molecule has 28 heavy (non-hydrogen) atoms. The summed E-state index contributed by atoms with van der Waals surface area (Å²) in [6, 6.07) is -0.290. The van der Waals surface area contributed by atoms with Gasteiger partial charge in [-0.2, -0.15) is 0 Å². The molecule has 0 radical (unpaired) electrons. The summed E-state index contributed by atoms with van der Waals surface area (Å²) in [6.07, 6.45) is 6.11. The quantitative estimate of drug-likeness (QED) is 0.702. The Bertz CT molecular complexity index is 617. The first kappa shape index (κ1) is 21.1. The van der Waals surface area contributed by atoms with Gasteiger partial charge in [-0.25, -0.2) is 4.79 Å². The Morgan fingerprint density at radius 2 is 1.79 bits per heavy atom. The van der Waals surface area contributed by atoms with E-state index in [1.54, 1.807) is 0 Å². The number of nitrogens with one attached hydrogen (secondary N) is 2. The van der Waals surface area contributed by atoms with Crippen LogP contribution in [0, 0.1) is 11.3 Å². The number of carbonyl (C=O) groups excluding carboxylic acids is 3. The number of urea groups is 1. The first-order valence-corrected chi connectivity index (χ1v) is 10.8. The average Bonchev–Trinajstić information content (AvgIpc) is 2.88. The molecule has 1 saturated carbocycles. The zero-order chi connectivity index (χ0) is 20.5. The molecule has 0 bridgehead atoms. The second kappa shape index (κ2) is 8.01. The highest BCUT2D eigenvalue weighted by molar-refractivity contribution is 6.09. The molecule has 2 aliphatic heterocycles. The van der Waals surface area contributed by atoms with Crippen LogP contribution in [0.4, 0.5) is 4.79 Å². The zero-order valence-electron chi connectivity index (χ0n) is 17.8. The van der Waals surface area contributed by atoms with Crippen molar-refractivity contribution < 1.29 is 14.4 Å². The van der Waals surface area contributed by atoms with E-state index < -0.39 is 11.6 Å². The molecule has 158 valence electrons. The van der Waals surface area contributed by atoms with E-state index in [9.17, 15) is 14.4 Å². The number of piperidine rings is 1. The van der Waals surface area contributed by atoms with E-state index in [1.807, 2.05) is 0 Å². The molecule has 3 aliphatic rings. The van der Waals surface area contributed by atoms with Gasteiger partial charge in [-0.05, 0) is 70.0 Å². The molecule has 0 aromatic rings. The monoisotopic (exact) mass is 392 g/mol. The number of imide groups is 1. The lowest BCUT2D eigenvalue weighted by Crippen LogP contribution is -2.51. The van der Waals surface area contributed by atoms with Gasteiger partial charge in [0, 0.05) is 6.04 Å². The number of nitrogens with zero attached hydrogens (tertiary/aromatic N) is 2. The van der Waals surface area contributed by atoms with Gasteiger partial charge in [0.05, 0.1) is 0 Å². The van der Waals surface area contributed by atoms with Crippen LogP contribution in [-0.4, -0.2) is 65.9 Å². The van der Waals surface area contributed by atoms with Gasteiger partial charge in [0.25, 0.3) is 5.91 Å². The van der Waals surface area contributed by atoms with Crippen molar-refractivity contribution in [1.82, 2.24) is 20.4 Å². The zero-order valence-corrected chi connectivity index (χ0v) is 17.8. The molecule has 3 rings (SSSR count). The summed E-state index contributed by atoms with van der Waals surface area (Å²) >= 11 is 0. The van der Waals surface area contributed by atoms with Gasteiger partial charge in [-0.1, -0.05) is 27.2 Å². The summed E-state index contributed by atoms with van der Waals surface area (Å²) in [5.41, 5.74) is -0.549. The fourth-order valence-corrected chi connectivity index (χ4v) is 4.91. The van der Waals surface area contributed by atoms with E-state index in [0.717, 1.165) is 50.1 Å². The van der Waals surface area contributed by atoms with Crippen LogP contribution in [0.25, 0.3) is 0 Å². The Labute approximate surface area is 168 Å². The molecular weight excluding hydrogens is 356 g/mol. The minimum absolute atomic E-state index is 0.130. The van der Waals surface area contributed by atoms with Crippen LogP contribution < -0.4 is 10.6 Å². The van der Waals surface area contributed by atoms with Crippen molar-refractivity contribution >= 4 is 17.8 Å². The SMILES string of the molecule is CCC(C)(C)C1CCC2(CC1)NC(=O)N(CC(=O)NC1CCN(C)CC1)C2=O.